The van der Waals surface area contributed by atoms with E-state index in [1.54, 1.807) is 0 Å². The van der Waals surface area contributed by atoms with Gasteiger partial charge in [0.05, 0.1) is 6.26 Å². The predicted octanol–water partition coefficient (Wildman–Crippen LogP) is 0.247. The number of hydrogen-bond donors (Lipinski definition) is 0. The van der Waals surface area contributed by atoms with E-state index in [0.717, 1.165) is 6.42 Å². The number of hydrogen-bond acceptors (Lipinski definition) is 3. The molecule has 0 bridgehead atoms. The standard InChI is InChI=1S/C8H15NO3S/c1-3-7-6-9(13(2,11)12)5-4-8(7)10/h7H,3-6H2,1-2H3. The van der Waals surface area contributed by atoms with Crippen LogP contribution in [0, 0.1) is 5.92 Å². The summed E-state index contributed by atoms with van der Waals surface area (Å²) in [4.78, 5) is 11.3. The summed E-state index contributed by atoms with van der Waals surface area (Å²) >= 11 is 0. The zero-order valence-corrected chi connectivity index (χ0v) is 8.80. The molecule has 1 rings (SSSR count). The smallest absolute Gasteiger partial charge is 0.211 e. The molecule has 76 valence electrons. The number of ketones is 1. The van der Waals surface area contributed by atoms with Crippen LogP contribution < -0.4 is 0 Å². The summed E-state index contributed by atoms with van der Waals surface area (Å²) in [7, 11) is -3.11. The van der Waals surface area contributed by atoms with Crippen molar-refractivity contribution >= 4 is 15.8 Å². The molecule has 1 atom stereocenters. The molecule has 0 radical (unpaired) electrons. The van der Waals surface area contributed by atoms with Crippen LogP contribution in [0.2, 0.25) is 0 Å². The van der Waals surface area contributed by atoms with Crippen molar-refractivity contribution < 1.29 is 13.2 Å². The van der Waals surface area contributed by atoms with Crippen LogP contribution in [0.1, 0.15) is 19.8 Å². The third-order valence-electron chi connectivity index (χ3n) is 2.45. The Hall–Kier alpha value is -0.420. The first-order valence-corrected chi connectivity index (χ1v) is 6.27. The maximum Gasteiger partial charge on any atom is 0.211 e. The lowest BCUT2D eigenvalue weighted by Crippen LogP contribution is -2.43. The van der Waals surface area contributed by atoms with Crippen molar-refractivity contribution in [1.29, 1.82) is 0 Å². The lowest BCUT2D eigenvalue weighted by atomic mass is 9.96. The highest BCUT2D eigenvalue weighted by Crippen LogP contribution is 2.17. The van der Waals surface area contributed by atoms with Crippen molar-refractivity contribution in [3.8, 4) is 0 Å². The molecule has 5 heteroatoms. The molecule has 4 nitrogen and oxygen atoms in total. The maximum absolute atomic E-state index is 11.3. The molecular weight excluding hydrogens is 190 g/mol. The van der Waals surface area contributed by atoms with Crippen molar-refractivity contribution in [2.75, 3.05) is 19.3 Å². The van der Waals surface area contributed by atoms with Crippen molar-refractivity contribution in [3.63, 3.8) is 0 Å². The molecular formula is C8H15NO3S. The van der Waals surface area contributed by atoms with Crippen LogP contribution in [-0.4, -0.2) is 37.9 Å². The minimum absolute atomic E-state index is 0.0940. The summed E-state index contributed by atoms with van der Waals surface area (Å²) in [6.45, 7) is 2.64. The first-order valence-electron chi connectivity index (χ1n) is 4.43. The zero-order valence-electron chi connectivity index (χ0n) is 7.99. The quantitative estimate of drug-likeness (QED) is 0.649. The summed E-state index contributed by atoms with van der Waals surface area (Å²) in [6, 6.07) is 0. The monoisotopic (exact) mass is 205 g/mol. The highest BCUT2D eigenvalue weighted by Gasteiger charge is 2.30. The van der Waals surface area contributed by atoms with Crippen LogP contribution in [0.15, 0.2) is 0 Å². The number of sulfonamides is 1. The third kappa shape index (κ3) is 2.51. The molecule has 0 amide bonds. The summed E-state index contributed by atoms with van der Waals surface area (Å²) in [5, 5.41) is 0. The Balaban J connectivity index is 2.71. The van der Waals surface area contributed by atoms with E-state index < -0.39 is 10.0 Å². The van der Waals surface area contributed by atoms with Gasteiger partial charge in [-0.2, -0.15) is 0 Å². The number of rotatable bonds is 2. The highest BCUT2D eigenvalue weighted by molar-refractivity contribution is 7.88. The summed E-state index contributed by atoms with van der Waals surface area (Å²) in [6.07, 6.45) is 2.28. The topological polar surface area (TPSA) is 54.5 Å². The van der Waals surface area contributed by atoms with Crippen LogP contribution in [0.4, 0.5) is 0 Å². The van der Waals surface area contributed by atoms with Gasteiger partial charge in [0, 0.05) is 25.4 Å². The van der Waals surface area contributed by atoms with Gasteiger partial charge in [0.25, 0.3) is 0 Å². The van der Waals surface area contributed by atoms with Gasteiger partial charge in [-0.1, -0.05) is 6.92 Å². The second-order valence-electron chi connectivity index (χ2n) is 3.44. The van der Waals surface area contributed by atoms with Crippen LogP contribution >= 0.6 is 0 Å². The van der Waals surface area contributed by atoms with Gasteiger partial charge < -0.3 is 0 Å². The average molecular weight is 205 g/mol. The van der Waals surface area contributed by atoms with E-state index in [1.165, 1.54) is 10.6 Å². The average Bonchev–Trinajstić information content (AvgIpc) is 2.03. The van der Waals surface area contributed by atoms with Crippen LogP contribution in [0.25, 0.3) is 0 Å². The van der Waals surface area contributed by atoms with Gasteiger partial charge in [0.2, 0.25) is 10.0 Å². The van der Waals surface area contributed by atoms with Crippen LogP contribution in [0.5, 0.6) is 0 Å². The molecule has 0 aliphatic carbocycles. The van der Waals surface area contributed by atoms with E-state index >= 15 is 0 Å². The molecule has 1 heterocycles. The first-order chi connectivity index (χ1) is 5.95. The Labute approximate surface area is 79.0 Å². The molecule has 0 saturated carbocycles. The van der Waals surface area contributed by atoms with E-state index in [4.69, 9.17) is 0 Å². The Morgan fingerprint density at radius 1 is 1.54 bits per heavy atom. The molecule has 0 aromatic rings. The first kappa shape index (κ1) is 10.7. The van der Waals surface area contributed by atoms with E-state index in [1.807, 2.05) is 6.92 Å². The molecule has 0 N–H and O–H groups in total. The second-order valence-corrected chi connectivity index (χ2v) is 5.42. The van der Waals surface area contributed by atoms with Crippen LogP contribution in [-0.2, 0) is 14.8 Å². The van der Waals surface area contributed by atoms with Gasteiger partial charge in [-0.05, 0) is 6.42 Å². The summed E-state index contributed by atoms with van der Waals surface area (Å²) in [5.74, 6) is 0.103. The minimum atomic E-state index is -3.11. The maximum atomic E-state index is 11.3. The molecule has 0 aromatic carbocycles. The number of piperidine rings is 1. The second kappa shape index (κ2) is 3.75. The lowest BCUT2D eigenvalue weighted by Gasteiger charge is -2.29. The van der Waals surface area contributed by atoms with E-state index in [9.17, 15) is 13.2 Å². The predicted molar refractivity (Wildman–Crippen MR) is 49.8 cm³/mol. The normalized spacial score (nSPS) is 26.3. The fourth-order valence-electron chi connectivity index (χ4n) is 1.54. The molecule has 1 unspecified atom stereocenters. The van der Waals surface area contributed by atoms with Gasteiger partial charge in [0.15, 0.2) is 0 Å². The molecule has 1 fully saturated rings. The minimum Gasteiger partial charge on any atom is -0.299 e. The van der Waals surface area contributed by atoms with E-state index in [-0.39, 0.29) is 11.7 Å². The van der Waals surface area contributed by atoms with Gasteiger partial charge in [-0.15, -0.1) is 0 Å². The van der Waals surface area contributed by atoms with Crippen molar-refractivity contribution in [2.24, 2.45) is 5.92 Å². The highest BCUT2D eigenvalue weighted by atomic mass is 32.2. The van der Waals surface area contributed by atoms with Crippen molar-refractivity contribution in [1.82, 2.24) is 4.31 Å². The molecule has 1 saturated heterocycles. The largest absolute Gasteiger partial charge is 0.299 e. The Morgan fingerprint density at radius 3 is 2.62 bits per heavy atom. The fourth-order valence-corrected chi connectivity index (χ4v) is 2.41. The van der Waals surface area contributed by atoms with Gasteiger partial charge in [-0.3, -0.25) is 4.79 Å². The number of carbonyl (C=O) groups excluding carboxylic acids is 1. The van der Waals surface area contributed by atoms with Crippen LogP contribution in [0.3, 0.4) is 0 Å². The molecule has 13 heavy (non-hydrogen) atoms. The summed E-state index contributed by atoms with van der Waals surface area (Å²) < 4.78 is 23.7. The molecule has 0 spiro atoms. The lowest BCUT2D eigenvalue weighted by molar-refractivity contribution is -0.125. The van der Waals surface area contributed by atoms with E-state index in [2.05, 4.69) is 0 Å². The Bertz CT molecular complexity index is 297. The van der Waals surface area contributed by atoms with Gasteiger partial charge in [-0.25, -0.2) is 12.7 Å². The molecule has 1 aliphatic rings. The van der Waals surface area contributed by atoms with Gasteiger partial charge in [0.1, 0.15) is 5.78 Å². The number of carbonyl (C=O) groups is 1. The van der Waals surface area contributed by atoms with Gasteiger partial charge >= 0.3 is 0 Å². The zero-order chi connectivity index (χ0) is 10.1. The molecule has 0 aromatic heterocycles. The Kier molecular flexibility index (Phi) is 3.08. The van der Waals surface area contributed by atoms with E-state index in [0.29, 0.717) is 19.5 Å². The third-order valence-corrected chi connectivity index (χ3v) is 3.72. The number of Topliss-reactive ketones (excluding diaryl/α,β-unsaturated/α-hetero) is 1. The number of nitrogens with zero attached hydrogens (tertiary/aromatic N) is 1. The fraction of sp³-hybridized carbons (Fsp3) is 0.875. The molecule has 1 aliphatic heterocycles. The summed E-state index contributed by atoms with van der Waals surface area (Å²) in [5.41, 5.74) is 0. The van der Waals surface area contributed by atoms with Crippen molar-refractivity contribution in [2.45, 2.75) is 19.8 Å². The Morgan fingerprint density at radius 2 is 2.15 bits per heavy atom. The SMILES string of the molecule is CCC1CN(S(C)(=O)=O)CCC1=O. The van der Waals surface area contributed by atoms with Crippen molar-refractivity contribution in [3.05, 3.63) is 0 Å².